The van der Waals surface area contributed by atoms with Crippen LogP contribution in [-0.2, 0) is 4.74 Å². The number of hydrogen-bond acceptors (Lipinski definition) is 4. The zero-order valence-electron chi connectivity index (χ0n) is 9.69. The van der Waals surface area contributed by atoms with Crippen LogP contribution >= 0.6 is 12.2 Å². The third-order valence-electron chi connectivity index (χ3n) is 2.84. The van der Waals surface area contributed by atoms with Crippen molar-refractivity contribution in [2.45, 2.75) is 25.4 Å². The zero-order valence-corrected chi connectivity index (χ0v) is 10.5. The van der Waals surface area contributed by atoms with Gasteiger partial charge < -0.3 is 15.8 Å². The summed E-state index contributed by atoms with van der Waals surface area (Å²) < 4.78 is 5.55. The van der Waals surface area contributed by atoms with Crippen molar-refractivity contribution >= 4 is 22.9 Å². The van der Waals surface area contributed by atoms with E-state index in [1.54, 1.807) is 6.20 Å². The fourth-order valence-electron chi connectivity index (χ4n) is 1.89. The van der Waals surface area contributed by atoms with Crippen LogP contribution in [0.15, 0.2) is 18.3 Å². The molecule has 1 fully saturated rings. The van der Waals surface area contributed by atoms with Gasteiger partial charge in [0.1, 0.15) is 4.99 Å². The molecule has 1 atom stereocenters. The predicted molar refractivity (Wildman–Crippen MR) is 72.2 cm³/mol. The number of pyridine rings is 1. The van der Waals surface area contributed by atoms with E-state index in [0.717, 1.165) is 25.3 Å². The molecule has 0 saturated carbocycles. The van der Waals surface area contributed by atoms with Gasteiger partial charge in [-0.1, -0.05) is 12.2 Å². The van der Waals surface area contributed by atoms with E-state index in [-0.39, 0.29) is 0 Å². The molecule has 1 unspecified atom stereocenters. The minimum atomic E-state index is 0.330. The molecule has 1 aromatic heterocycles. The Hall–Kier alpha value is -1.20. The fourth-order valence-corrected chi connectivity index (χ4v) is 2.01. The summed E-state index contributed by atoms with van der Waals surface area (Å²) in [7, 11) is 0. The molecule has 5 heteroatoms. The molecule has 1 aliphatic heterocycles. The molecular formula is C12H17N3OS. The summed E-state index contributed by atoms with van der Waals surface area (Å²) >= 11 is 4.84. The minimum Gasteiger partial charge on any atom is -0.388 e. The lowest BCUT2D eigenvalue weighted by Gasteiger charge is -2.10. The molecule has 0 bridgehead atoms. The molecule has 0 radical (unpaired) electrons. The number of rotatable bonds is 5. The van der Waals surface area contributed by atoms with Gasteiger partial charge in [0.05, 0.1) is 23.7 Å². The number of nitrogens with zero attached hydrogens (tertiary/aromatic N) is 1. The Kier molecular flexibility index (Phi) is 4.28. The van der Waals surface area contributed by atoms with Crippen molar-refractivity contribution in [2.75, 3.05) is 18.5 Å². The number of nitrogens with one attached hydrogen (secondary N) is 1. The standard InChI is InChI=1S/C12H17N3OS/c13-12(17)11-4-3-9(8-15-11)14-6-5-10-2-1-7-16-10/h3-4,8,10,14H,1-2,5-7H2,(H2,13,17). The van der Waals surface area contributed by atoms with Gasteiger partial charge in [-0.15, -0.1) is 0 Å². The Labute approximate surface area is 107 Å². The number of anilines is 1. The summed E-state index contributed by atoms with van der Waals surface area (Å²) in [6.45, 7) is 1.81. The van der Waals surface area contributed by atoms with Gasteiger partial charge in [-0.05, 0) is 31.4 Å². The first kappa shape index (κ1) is 12.3. The lowest BCUT2D eigenvalue weighted by molar-refractivity contribution is 0.107. The van der Waals surface area contributed by atoms with Gasteiger partial charge in [-0.3, -0.25) is 4.98 Å². The molecule has 2 rings (SSSR count). The van der Waals surface area contributed by atoms with Crippen LogP contribution in [0.4, 0.5) is 5.69 Å². The van der Waals surface area contributed by atoms with Crippen LogP contribution in [0.25, 0.3) is 0 Å². The van der Waals surface area contributed by atoms with Crippen molar-refractivity contribution in [3.05, 3.63) is 24.0 Å². The Morgan fingerprint density at radius 3 is 3.06 bits per heavy atom. The fraction of sp³-hybridized carbons (Fsp3) is 0.500. The number of ether oxygens (including phenoxy) is 1. The van der Waals surface area contributed by atoms with E-state index in [0.29, 0.717) is 16.8 Å². The molecule has 1 aliphatic rings. The van der Waals surface area contributed by atoms with Crippen LogP contribution in [0, 0.1) is 0 Å². The quantitative estimate of drug-likeness (QED) is 0.780. The third-order valence-corrected chi connectivity index (χ3v) is 3.04. The Morgan fingerprint density at radius 1 is 1.59 bits per heavy atom. The molecule has 0 aliphatic carbocycles. The van der Waals surface area contributed by atoms with Crippen LogP contribution in [0.1, 0.15) is 25.0 Å². The molecule has 1 aromatic rings. The summed E-state index contributed by atoms with van der Waals surface area (Å²) in [4.78, 5) is 4.50. The van der Waals surface area contributed by atoms with Gasteiger partial charge in [0.15, 0.2) is 0 Å². The van der Waals surface area contributed by atoms with E-state index < -0.39 is 0 Å². The normalized spacial score (nSPS) is 19.2. The zero-order chi connectivity index (χ0) is 12.1. The van der Waals surface area contributed by atoms with Crippen LogP contribution in [0.5, 0.6) is 0 Å². The number of aromatic nitrogens is 1. The SMILES string of the molecule is NC(=S)c1ccc(NCCC2CCCO2)cn1. The minimum absolute atomic E-state index is 0.330. The van der Waals surface area contributed by atoms with Gasteiger partial charge in [0.2, 0.25) is 0 Å². The van der Waals surface area contributed by atoms with Crippen molar-refractivity contribution in [3.63, 3.8) is 0 Å². The van der Waals surface area contributed by atoms with E-state index in [1.165, 1.54) is 12.8 Å². The van der Waals surface area contributed by atoms with Crippen molar-refractivity contribution in [1.29, 1.82) is 0 Å². The summed E-state index contributed by atoms with van der Waals surface area (Å²) in [6.07, 6.45) is 5.59. The van der Waals surface area contributed by atoms with Crippen LogP contribution in [0.2, 0.25) is 0 Å². The molecule has 1 saturated heterocycles. The molecular weight excluding hydrogens is 234 g/mol. The molecule has 0 aromatic carbocycles. The Bertz CT molecular complexity index is 374. The second-order valence-electron chi connectivity index (χ2n) is 4.15. The van der Waals surface area contributed by atoms with Gasteiger partial charge >= 0.3 is 0 Å². The highest BCUT2D eigenvalue weighted by Crippen LogP contribution is 2.15. The first-order valence-electron chi connectivity index (χ1n) is 5.87. The van der Waals surface area contributed by atoms with Crippen LogP contribution in [-0.4, -0.2) is 29.2 Å². The number of hydrogen-bond donors (Lipinski definition) is 2. The number of nitrogens with two attached hydrogens (primary N) is 1. The van der Waals surface area contributed by atoms with Gasteiger partial charge in [0.25, 0.3) is 0 Å². The second-order valence-corrected chi connectivity index (χ2v) is 4.59. The highest BCUT2D eigenvalue weighted by molar-refractivity contribution is 7.80. The topological polar surface area (TPSA) is 60.2 Å². The number of thiocarbonyl (C=S) groups is 1. The van der Waals surface area contributed by atoms with Crippen molar-refractivity contribution in [1.82, 2.24) is 4.98 Å². The molecule has 3 N–H and O–H groups in total. The maximum absolute atomic E-state index is 5.55. The smallest absolute Gasteiger partial charge is 0.122 e. The van der Waals surface area contributed by atoms with Crippen molar-refractivity contribution < 1.29 is 4.74 Å². The molecule has 0 amide bonds. The average molecular weight is 251 g/mol. The van der Waals surface area contributed by atoms with E-state index in [4.69, 9.17) is 22.7 Å². The lowest BCUT2D eigenvalue weighted by atomic mass is 10.2. The van der Waals surface area contributed by atoms with Crippen molar-refractivity contribution in [2.24, 2.45) is 5.73 Å². The predicted octanol–water partition coefficient (Wildman–Crippen LogP) is 1.70. The summed E-state index contributed by atoms with van der Waals surface area (Å²) in [6, 6.07) is 3.77. The Balaban J connectivity index is 1.76. The monoisotopic (exact) mass is 251 g/mol. The van der Waals surface area contributed by atoms with Gasteiger partial charge in [0, 0.05) is 13.2 Å². The molecule has 17 heavy (non-hydrogen) atoms. The summed E-state index contributed by atoms with van der Waals surface area (Å²) in [5, 5.41) is 3.31. The summed E-state index contributed by atoms with van der Waals surface area (Å²) in [5.74, 6) is 0. The van der Waals surface area contributed by atoms with Crippen LogP contribution in [0.3, 0.4) is 0 Å². The van der Waals surface area contributed by atoms with E-state index in [2.05, 4.69) is 10.3 Å². The van der Waals surface area contributed by atoms with E-state index >= 15 is 0 Å². The maximum Gasteiger partial charge on any atom is 0.122 e. The molecule has 4 nitrogen and oxygen atoms in total. The third kappa shape index (κ3) is 3.64. The van der Waals surface area contributed by atoms with Gasteiger partial charge in [-0.2, -0.15) is 0 Å². The first-order valence-corrected chi connectivity index (χ1v) is 6.28. The van der Waals surface area contributed by atoms with E-state index in [1.807, 2.05) is 12.1 Å². The van der Waals surface area contributed by atoms with Gasteiger partial charge in [-0.25, -0.2) is 0 Å². The summed E-state index contributed by atoms with van der Waals surface area (Å²) in [5.41, 5.74) is 7.12. The molecule has 0 spiro atoms. The molecule has 2 heterocycles. The second kappa shape index (κ2) is 5.93. The van der Waals surface area contributed by atoms with Crippen molar-refractivity contribution in [3.8, 4) is 0 Å². The molecule has 92 valence electrons. The van der Waals surface area contributed by atoms with E-state index in [9.17, 15) is 0 Å². The Morgan fingerprint density at radius 2 is 2.47 bits per heavy atom. The lowest BCUT2D eigenvalue weighted by Crippen LogP contribution is -2.14. The maximum atomic E-state index is 5.55. The highest BCUT2D eigenvalue weighted by atomic mass is 32.1. The largest absolute Gasteiger partial charge is 0.388 e. The first-order chi connectivity index (χ1) is 8.25. The van der Waals surface area contributed by atoms with Crippen LogP contribution < -0.4 is 11.1 Å². The average Bonchev–Trinajstić information content (AvgIpc) is 2.83. The highest BCUT2D eigenvalue weighted by Gasteiger charge is 2.14.